The Bertz CT molecular complexity index is 787. The fourth-order valence-electron chi connectivity index (χ4n) is 3.12. The number of carbonyl (C=O) groups excluding carboxylic acids is 1. The molecule has 0 aromatic heterocycles. The van der Waals surface area contributed by atoms with Gasteiger partial charge >= 0.3 is 0 Å². The lowest BCUT2D eigenvalue weighted by Crippen LogP contribution is -2.46. The van der Waals surface area contributed by atoms with E-state index in [9.17, 15) is 4.79 Å². The quantitative estimate of drug-likeness (QED) is 0.768. The molecule has 1 aliphatic rings. The molecular weight excluding hydrogens is 376 g/mol. The van der Waals surface area contributed by atoms with Crippen LogP contribution in [0.1, 0.15) is 25.0 Å². The summed E-state index contributed by atoms with van der Waals surface area (Å²) in [6.07, 6.45) is 0. The Kier molecular flexibility index (Phi) is 6.94. The van der Waals surface area contributed by atoms with Gasteiger partial charge in [-0.25, -0.2) is 0 Å². The van der Waals surface area contributed by atoms with Crippen molar-refractivity contribution in [1.29, 1.82) is 0 Å². The molecule has 1 saturated heterocycles. The van der Waals surface area contributed by atoms with E-state index in [1.807, 2.05) is 12.1 Å². The summed E-state index contributed by atoms with van der Waals surface area (Å²) in [5.41, 5.74) is 1.35. The number of amides is 1. The Labute approximate surface area is 171 Å². The van der Waals surface area contributed by atoms with Crippen LogP contribution in [0.2, 0.25) is 5.02 Å². The second-order valence-electron chi connectivity index (χ2n) is 7.41. The Morgan fingerprint density at radius 2 is 1.75 bits per heavy atom. The maximum Gasteiger partial charge on any atom is 0.263 e. The maximum atomic E-state index is 12.7. The van der Waals surface area contributed by atoms with E-state index in [-0.39, 0.29) is 5.91 Å². The average molecular weight is 403 g/mol. The predicted octanol–water partition coefficient (Wildman–Crippen LogP) is 3.65. The van der Waals surface area contributed by atoms with E-state index in [1.165, 1.54) is 5.56 Å². The summed E-state index contributed by atoms with van der Waals surface area (Å²) in [7, 11) is 0. The van der Waals surface area contributed by atoms with Crippen molar-refractivity contribution in [3.05, 3.63) is 64.7 Å². The Morgan fingerprint density at radius 1 is 1.11 bits per heavy atom. The summed E-state index contributed by atoms with van der Waals surface area (Å²) in [6.45, 7) is 8.26. The zero-order valence-electron chi connectivity index (χ0n) is 16.4. The van der Waals surface area contributed by atoms with Gasteiger partial charge in [0.15, 0.2) is 5.60 Å². The van der Waals surface area contributed by atoms with Gasteiger partial charge in [0.2, 0.25) is 0 Å². The Morgan fingerprint density at radius 3 is 2.43 bits per heavy atom. The van der Waals surface area contributed by atoms with E-state index >= 15 is 0 Å². The summed E-state index contributed by atoms with van der Waals surface area (Å²) in [5, 5.41) is 3.65. The van der Waals surface area contributed by atoms with Crippen molar-refractivity contribution in [3.8, 4) is 5.75 Å². The molecule has 1 heterocycles. The lowest BCUT2D eigenvalue weighted by Gasteiger charge is -2.28. The van der Waals surface area contributed by atoms with Crippen molar-refractivity contribution in [2.75, 3.05) is 26.3 Å². The van der Waals surface area contributed by atoms with Gasteiger partial charge in [-0.05, 0) is 49.2 Å². The number of carbonyl (C=O) groups is 1. The van der Waals surface area contributed by atoms with E-state index in [2.05, 4.69) is 22.3 Å². The molecule has 6 heteroatoms. The van der Waals surface area contributed by atoms with Crippen LogP contribution in [0, 0.1) is 0 Å². The number of benzene rings is 2. The molecule has 1 N–H and O–H groups in total. The highest BCUT2D eigenvalue weighted by Crippen LogP contribution is 2.21. The van der Waals surface area contributed by atoms with Crippen LogP contribution >= 0.6 is 11.6 Å². The molecule has 0 atom stereocenters. The largest absolute Gasteiger partial charge is 0.478 e. The number of hydrogen-bond acceptors (Lipinski definition) is 4. The molecule has 150 valence electrons. The molecule has 1 aliphatic heterocycles. The predicted molar refractivity (Wildman–Crippen MR) is 111 cm³/mol. The molecule has 5 nitrogen and oxygen atoms in total. The minimum Gasteiger partial charge on any atom is -0.478 e. The molecule has 2 aromatic carbocycles. The number of rotatable bonds is 7. The van der Waals surface area contributed by atoms with E-state index in [0.717, 1.165) is 38.4 Å². The Balaban J connectivity index is 1.59. The van der Waals surface area contributed by atoms with Crippen LogP contribution < -0.4 is 10.1 Å². The molecule has 1 amide bonds. The van der Waals surface area contributed by atoms with Crippen LogP contribution in [-0.4, -0.2) is 42.7 Å². The van der Waals surface area contributed by atoms with Crippen molar-refractivity contribution in [1.82, 2.24) is 10.2 Å². The number of hydrogen-bond donors (Lipinski definition) is 1. The minimum absolute atomic E-state index is 0.163. The van der Waals surface area contributed by atoms with Gasteiger partial charge in [0.05, 0.1) is 13.2 Å². The van der Waals surface area contributed by atoms with Crippen molar-refractivity contribution < 1.29 is 14.3 Å². The van der Waals surface area contributed by atoms with Crippen LogP contribution in [0.25, 0.3) is 0 Å². The summed E-state index contributed by atoms with van der Waals surface area (Å²) in [6, 6.07) is 15.2. The lowest BCUT2D eigenvalue weighted by molar-refractivity contribution is -0.134. The summed E-state index contributed by atoms with van der Waals surface area (Å²) in [5.74, 6) is 0.445. The first-order chi connectivity index (χ1) is 13.4. The second kappa shape index (κ2) is 9.41. The van der Waals surface area contributed by atoms with Crippen molar-refractivity contribution in [2.45, 2.75) is 32.5 Å². The van der Waals surface area contributed by atoms with Crippen molar-refractivity contribution in [2.24, 2.45) is 0 Å². The molecule has 0 spiro atoms. The highest BCUT2D eigenvalue weighted by molar-refractivity contribution is 6.30. The van der Waals surface area contributed by atoms with E-state index < -0.39 is 5.60 Å². The molecule has 0 aliphatic carbocycles. The fraction of sp³-hybridized carbons (Fsp3) is 0.409. The van der Waals surface area contributed by atoms with E-state index in [0.29, 0.717) is 17.3 Å². The molecule has 2 aromatic rings. The number of ether oxygens (including phenoxy) is 2. The molecule has 3 rings (SSSR count). The standard InChI is InChI=1S/C22H27ClN2O3/c1-22(2,28-20-9-7-19(23)8-10-20)21(26)24-15-17-5-3-4-6-18(17)16-25-11-13-27-14-12-25/h3-10H,11-16H2,1-2H3,(H,24,26). The molecule has 0 unspecified atom stereocenters. The summed E-state index contributed by atoms with van der Waals surface area (Å²) < 4.78 is 11.3. The Hall–Kier alpha value is -2.08. The maximum absolute atomic E-state index is 12.7. The summed E-state index contributed by atoms with van der Waals surface area (Å²) in [4.78, 5) is 15.1. The van der Waals surface area contributed by atoms with E-state index in [4.69, 9.17) is 21.1 Å². The SMILES string of the molecule is CC(C)(Oc1ccc(Cl)cc1)C(=O)NCc1ccccc1CN1CCOCC1. The molecule has 0 bridgehead atoms. The highest BCUT2D eigenvalue weighted by Gasteiger charge is 2.29. The van der Waals surface area contributed by atoms with Crippen molar-refractivity contribution >= 4 is 17.5 Å². The van der Waals surface area contributed by atoms with Crippen LogP contribution in [0.15, 0.2) is 48.5 Å². The molecule has 28 heavy (non-hydrogen) atoms. The van der Waals surface area contributed by atoms with Crippen molar-refractivity contribution in [3.63, 3.8) is 0 Å². The monoisotopic (exact) mass is 402 g/mol. The smallest absolute Gasteiger partial charge is 0.263 e. The number of morpholine rings is 1. The molecule has 1 fully saturated rings. The van der Waals surface area contributed by atoms with Gasteiger partial charge < -0.3 is 14.8 Å². The zero-order valence-corrected chi connectivity index (χ0v) is 17.2. The number of halogens is 1. The normalized spacial score (nSPS) is 15.2. The van der Waals surface area contributed by atoms with Crippen LogP contribution in [0.4, 0.5) is 0 Å². The zero-order chi connectivity index (χ0) is 20.0. The first-order valence-electron chi connectivity index (χ1n) is 9.54. The third-order valence-corrected chi connectivity index (χ3v) is 5.04. The van der Waals surface area contributed by atoms with Gasteiger partial charge in [0.1, 0.15) is 5.75 Å². The van der Waals surface area contributed by atoms with Gasteiger partial charge in [-0.2, -0.15) is 0 Å². The molecular formula is C22H27ClN2O3. The minimum atomic E-state index is -0.993. The number of nitrogens with one attached hydrogen (secondary N) is 1. The average Bonchev–Trinajstić information content (AvgIpc) is 2.69. The third-order valence-electron chi connectivity index (χ3n) is 4.79. The first-order valence-corrected chi connectivity index (χ1v) is 9.91. The fourth-order valence-corrected chi connectivity index (χ4v) is 3.24. The second-order valence-corrected chi connectivity index (χ2v) is 7.84. The number of nitrogens with zero attached hydrogens (tertiary/aromatic N) is 1. The topological polar surface area (TPSA) is 50.8 Å². The van der Waals surface area contributed by atoms with E-state index in [1.54, 1.807) is 38.1 Å². The first kappa shape index (κ1) is 20.6. The van der Waals surface area contributed by atoms with Crippen LogP contribution in [-0.2, 0) is 22.6 Å². The lowest BCUT2D eigenvalue weighted by atomic mass is 10.1. The van der Waals surface area contributed by atoms with Gasteiger partial charge in [-0.3, -0.25) is 9.69 Å². The van der Waals surface area contributed by atoms with Gasteiger partial charge in [-0.1, -0.05) is 35.9 Å². The van der Waals surface area contributed by atoms with Gasteiger partial charge in [-0.15, -0.1) is 0 Å². The third kappa shape index (κ3) is 5.71. The molecule has 0 saturated carbocycles. The van der Waals surface area contributed by atoms with Gasteiger partial charge in [0, 0.05) is 31.2 Å². The molecule has 0 radical (unpaired) electrons. The summed E-state index contributed by atoms with van der Waals surface area (Å²) >= 11 is 5.90. The van der Waals surface area contributed by atoms with Crippen LogP contribution in [0.5, 0.6) is 5.75 Å². The van der Waals surface area contributed by atoms with Gasteiger partial charge in [0.25, 0.3) is 5.91 Å². The highest BCUT2D eigenvalue weighted by atomic mass is 35.5. The van der Waals surface area contributed by atoms with Crippen LogP contribution in [0.3, 0.4) is 0 Å².